The molecule has 2 aromatic rings. The van der Waals surface area contributed by atoms with Gasteiger partial charge in [-0.15, -0.1) is 5.54 Å². The van der Waals surface area contributed by atoms with Crippen LogP contribution in [0.3, 0.4) is 0 Å². The minimum absolute atomic E-state index is 0.00496. The fourth-order valence-corrected chi connectivity index (χ4v) is 11.8. The summed E-state index contributed by atoms with van der Waals surface area (Å²) in [5.74, 6) is 0.192. The largest absolute Gasteiger partial charge is 0.356 e. The van der Waals surface area contributed by atoms with Crippen LogP contribution in [-0.4, -0.2) is 24.5 Å². The fourth-order valence-electron chi connectivity index (χ4n) is 5.86. The summed E-state index contributed by atoms with van der Waals surface area (Å²) < 4.78 is 38.8. The van der Waals surface area contributed by atoms with Crippen LogP contribution in [0.2, 0.25) is 16.6 Å². The lowest BCUT2D eigenvalue weighted by Gasteiger charge is -2.38. The van der Waals surface area contributed by atoms with Gasteiger partial charge in [-0.1, -0.05) is 47.5 Å². The molecule has 1 atom stereocenters. The molecule has 1 aliphatic carbocycles. The van der Waals surface area contributed by atoms with Crippen molar-refractivity contribution < 1.29 is 13.5 Å². The Bertz CT molecular complexity index is 1130. The maximum absolute atomic E-state index is 15.3. The minimum atomic E-state index is -3.07. The quantitative estimate of drug-likeness (QED) is 0.291. The second-order valence-electron chi connectivity index (χ2n) is 10.3. The highest BCUT2D eigenvalue weighted by molar-refractivity contribution is 9.10. The molecule has 178 valence electrons. The number of allylic oxidation sites excluding steroid dienone is 2. The second-order valence-corrected chi connectivity index (χ2v) is 16.7. The van der Waals surface area contributed by atoms with Gasteiger partial charge in [0.2, 0.25) is 0 Å². The molecule has 33 heavy (non-hydrogen) atoms. The maximum atomic E-state index is 15.3. The maximum Gasteiger partial charge on any atom is 0.293 e. The topological polar surface area (TPSA) is 27.1 Å². The summed E-state index contributed by atoms with van der Waals surface area (Å²) >= 11 is 3.64. The van der Waals surface area contributed by atoms with E-state index in [-0.39, 0.29) is 11.8 Å². The van der Waals surface area contributed by atoms with E-state index in [1.54, 1.807) is 16.9 Å². The van der Waals surface area contributed by atoms with Gasteiger partial charge in [0.05, 0.1) is 11.7 Å². The Balaban J connectivity index is 1.85. The molecule has 0 radical (unpaired) electrons. The van der Waals surface area contributed by atoms with E-state index in [0.717, 1.165) is 30.7 Å². The Labute approximate surface area is 205 Å². The highest BCUT2D eigenvalue weighted by Gasteiger charge is 2.43. The Morgan fingerprint density at radius 1 is 1.15 bits per heavy atom. The third kappa shape index (κ3) is 4.02. The number of nitrogens with zero attached hydrogens (tertiary/aromatic N) is 2. The van der Waals surface area contributed by atoms with Crippen molar-refractivity contribution >= 4 is 40.5 Å². The Hall–Kier alpha value is -1.49. The first-order chi connectivity index (χ1) is 15.5. The normalized spacial score (nSPS) is 20.4. The zero-order valence-corrected chi connectivity index (χ0v) is 22.9. The highest BCUT2D eigenvalue weighted by atomic mass is 79.9. The van der Waals surface area contributed by atoms with E-state index < -0.39 is 14.0 Å². The van der Waals surface area contributed by atoms with Gasteiger partial charge >= 0.3 is 0 Å². The van der Waals surface area contributed by atoms with Gasteiger partial charge in [-0.2, -0.15) is 13.9 Å². The van der Waals surface area contributed by atoms with E-state index in [0.29, 0.717) is 44.4 Å². The molecule has 1 unspecified atom stereocenters. The van der Waals surface area contributed by atoms with Crippen LogP contribution >= 0.6 is 15.9 Å². The smallest absolute Gasteiger partial charge is 0.293 e. The summed E-state index contributed by atoms with van der Waals surface area (Å²) in [6.07, 6.45) is 5.48. The predicted octanol–water partition coefficient (Wildman–Crippen LogP) is 8.21. The van der Waals surface area contributed by atoms with Gasteiger partial charge in [0.1, 0.15) is 8.07 Å². The molecule has 2 aliphatic rings. The number of aromatic nitrogens is 2. The third-order valence-electron chi connectivity index (χ3n) is 7.50. The Kier molecular flexibility index (Phi) is 6.67. The summed E-state index contributed by atoms with van der Waals surface area (Å²) in [6.45, 7) is 14.0. The number of rotatable bonds is 4. The molecule has 2 heterocycles. The summed E-state index contributed by atoms with van der Waals surface area (Å²) in [4.78, 5) is 0. The number of benzene rings is 1. The summed E-state index contributed by atoms with van der Waals surface area (Å²) in [5.41, 5.74) is 6.51. The van der Waals surface area contributed by atoms with Crippen molar-refractivity contribution in [2.24, 2.45) is 0 Å². The molecule has 1 aliphatic heterocycles. The lowest BCUT2D eigenvalue weighted by atomic mass is 10.0. The van der Waals surface area contributed by atoms with Crippen molar-refractivity contribution in [1.29, 1.82) is 0 Å². The van der Waals surface area contributed by atoms with Crippen molar-refractivity contribution in [3.8, 4) is 11.5 Å². The molecule has 0 amide bonds. The van der Waals surface area contributed by atoms with E-state index in [4.69, 9.17) is 4.74 Å². The molecule has 0 bridgehead atoms. The van der Waals surface area contributed by atoms with Crippen molar-refractivity contribution in [2.75, 3.05) is 6.61 Å². The van der Waals surface area contributed by atoms with Crippen LogP contribution in [0.5, 0.6) is 0 Å². The minimum Gasteiger partial charge on any atom is -0.356 e. The zero-order valence-electron chi connectivity index (χ0n) is 20.3. The average Bonchev–Trinajstić information content (AvgIpc) is 3.28. The molecule has 3 nitrogen and oxygen atoms in total. The lowest BCUT2D eigenvalue weighted by molar-refractivity contribution is -0.0367. The molecule has 0 N–H and O–H groups in total. The standard InChI is InChI=1S/C26H33BrF2N2OSi/c1-16(2)33(17(3)4,18(5)6)12-10-19-14-26(28,29)21-13-22-20(25(27)24(19)21)15-30-31(22)23-9-7-8-11-32-23/h13-18,23H,7-9,11H2,1-6H3. The molecule has 1 aromatic carbocycles. The molecule has 0 saturated carbocycles. The first kappa shape index (κ1) is 24.6. The lowest BCUT2D eigenvalue weighted by Crippen LogP contribution is -2.43. The predicted molar refractivity (Wildman–Crippen MR) is 137 cm³/mol. The van der Waals surface area contributed by atoms with Crippen LogP contribution in [0.1, 0.15) is 78.2 Å². The van der Waals surface area contributed by atoms with Crippen LogP contribution < -0.4 is 0 Å². The summed E-state index contributed by atoms with van der Waals surface area (Å²) in [7, 11) is -2.05. The molecule has 7 heteroatoms. The number of alkyl halides is 2. The second kappa shape index (κ2) is 8.94. The number of hydrogen-bond acceptors (Lipinski definition) is 2. The number of hydrogen-bond donors (Lipinski definition) is 0. The average molecular weight is 536 g/mol. The molecule has 4 rings (SSSR count). The van der Waals surface area contributed by atoms with E-state index in [1.165, 1.54) is 0 Å². The van der Waals surface area contributed by atoms with Gasteiger partial charge in [0.25, 0.3) is 5.92 Å². The molecule has 0 spiro atoms. The van der Waals surface area contributed by atoms with Crippen molar-refractivity contribution in [3.05, 3.63) is 33.9 Å². The van der Waals surface area contributed by atoms with E-state index in [1.807, 2.05) is 0 Å². The van der Waals surface area contributed by atoms with Crippen LogP contribution in [0.15, 0.2) is 22.8 Å². The van der Waals surface area contributed by atoms with Crippen LogP contribution in [0, 0.1) is 11.5 Å². The zero-order chi connectivity index (χ0) is 24.1. The number of ether oxygens (including phenoxy) is 1. The van der Waals surface area contributed by atoms with Gasteiger partial charge in [-0.05, 0) is 57.9 Å². The molecular weight excluding hydrogens is 502 g/mol. The van der Waals surface area contributed by atoms with Gasteiger partial charge < -0.3 is 4.74 Å². The van der Waals surface area contributed by atoms with Crippen molar-refractivity contribution in [2.45, 2.75) is 89.6 Å². The van der Waals surface area contributed by atoms with Crippen LogP contribution in [0.4, 0.5) is 8.78 Å². The van der Waals surface area contributed by atoms with Crippen molar-refractivity contribution in [1.82, 2.24) is 9.78 Å². The molecule has 1 aromatic heterocycles. The summed E-state index contributed by atoms with van der Waals surface area (Å²) in [6, 6.07) is 1.59. The van der Waals surface area contributed by atoms with Gasteiger partial charge in [-0.3, -0.25) is 0 Å². The van der Waals surface area contributed by atoms with E-state index in [2.05, 4.69) is 74.0 Å². The number of halogens is 3. The Morgan fingerprint density at radius 3 is 2.39 bits per heavy atom. The van der Waals surface area contributed by atoms with E-state index in [9.17, 15) is 0 Å². The first-order valence-corrected chi connectivity index (χ1v) is 15.0. The molecular formula is C26H33BrF2N2OSi. The monoisotopic (exact) mass is 534 g/mol. The summed E-state index contributed by atoms with van der Waals surface area (Å²) in [5, 5.41) is 5.33. The van der Waals surface area contributed by atoms with Crippen molar-refractivity contribution in [3.63, 3.8) is 0 Å². The van der Waals surface area contributed by atoms with Gasteiger partial charge in [0.15, 0.2) is 6.23 Å². The first-order valence-electron chi connectivity index (χ1n) is 12.0. The number of fused-ring (bicyclic) bond motifs is 2. The van der Waals surface area contributed by atoms with Gasteiger partial charge in [-0.25, -0.2) is 4.68 Å². The molecule has 1 saturated heterocycles. The third-order valence-corrected chi connectivity index (χ3v) is 14.6. The molecule has 1 fully saturated rings. The van der Waals surface area contributed by atoms with Gasteiger partial charge in [0, 0.05) is 39.2 Å². The highest BCUT2D eigenvalue weighted by Crippen LogP contribution is 2.49. The SMILES string of the molecule is CC(C)[Si](C#CC1=CC(F)(F)c2cc3c(cnn3C3CCCCO3)c(Br)c21)(C(C)C)C(C)C. The van der Waals surface area contributed by atoms with Crippen LogP contribution in [0.25, 0.3) is 16.5 Å². The Morgan fingerprint density at radius 2 is 1.82 bits per heavy atom. The van der Waals surface area contributed by atoms with E-state index >= 15 is 8.78 Å². The van der Waals surface area contributed by atoms with Crippen LogP contribution in [-0.2, 0) is 10.7 Å². The fraction of sp³-hybridized carbons (Fsp3) is 0.577.